The van der Waals surface area contributed by atoms with Crippen LogP contribution in [0.4, 0.5) is 4.39 Å². The van der Waals surface area contributed by atoms with Gasteiger partial charge in [-0.05, 0) is 24.6 Å². The molecule has 2 N–H and O–H groups in total. The van der Waals surface area contributed by atoms with Gasteiger partial charge in [-0.3, -0.25) is 0 Å². The first kappa shape index (κ1) is 10.8. The van der Waals surface area contributed by atoms with Crippen molar-refractivity contribution in [2.45, 2.75) is 19.5 Å². The summed E-state index contributed by atoms with van der Waals surface area (Å²) in [6, 6.07) is 6.39. The predicted molar refractivity (Wildman–Crippen MR) is 60.3 cm³/mol. The molecule has 0 aliphatic carbocycles. The molecular weight excluding hydrogens is 205 g/mol. The normalized spacial score (nSPS) is 12.7. The first-order valence-electron chi connectivity index (χ1n) is 5.17. The van der Waals surface area contributed by atoms with E-state index in [1.165, 1.54) is 12.1 Å². The summed E-state index contributed by atoms with van der Waals surface area (Å²) in [7, 11) is 0. The fourth-order valence-electron chi connectivity index (χ4n) is 1.63. The molecule has 0 spiro atoms. The summed E-state index contributed by atoms with van der Waals surface area (Å²) in [5.74, 6) is -0.221. The Morgan fingerprint density at radius 3 is 2.69 bits per heavy atom. The molecule has 1 aromatic heterocycles. The molecule has 0 saturated heterocycles. The Balaban J connectivity index is 2.20. The fraction of sp³-hybridized carbons (Fsp3) is 0.250. The number of nitrogens with zero attached hydrogens (tertiary/aromatic N) is 2. The largest absolute Gasteiger partial charge is 0.329 e. The summed E-state index contributed by atoms with van der Waals surface area (Å²) in [6.45, 7) is 2.58. The fourth-order valence-corrected chi connectivity index (χ4v) is 1.63. The topological polar surface area (TPSA) is 43.8 Å². The molecule has 0 bridgehead atoms. The van der Waals surface area contributed by atoms with Crippen molar-refractivity contribution in [2.75, 3.05) is 0 Å². The molecule has 2 rings (SSSR count). The minimum absolute atomic E-state index is 0.0528. The lowest BCUT2D eigenvalue weighted by molar-refractivity contribution is 0.625. The minimum atomic E-state index is -0.221. The highest BCUT2D eigenvalue weighted by Gasteiger charge is 2.06. The van der Waals surface area contributed by atoms with Gasteiger partial charge in [0, 0.05) is 18.8 Å². The molecule has 1 aromatic carbocycles. The zero-order valence-electron chi connectivity index (χ0n) is 9.10. The van der Waals surface area contributed by atoms with Gasteiger partial charge in [-0.2, -0.15) is 0 Å². The summed E-state index contributed by atoms with van der Waals surface area (Å²) in [5.41, 5.74) is 7.82. The number of imidazole rings is 1. The third-order valence-corrected chi connectivity index (χ3v) is 2.48. The molecule has 1 heterocycles. The van der Waals surface area contributed by atoms with Gasteiger partial charge in [-0.25, -0.2) is 9.37 Å². The van der Waals surface area contributed by atoms with E-state index in [2.05, 4.69) is 4.98 Å². The van der Waals surface area contributed by atoms with Gasteiger partial charge < -0.3 is 10.3 Å². The van der Waals surface area contributed by atoms with Gasteiger partial charge in [0.25, 0.3) is 0 Å². The van der Waals surface area contributed by atoms with Crippen molar-refractivity contribution in [3.05, 3.63) is 53.9 Å². The Bertz CT molecular complexity index is 459. The summed E-state index contributed by atoms with van der Waals surface area (Å²) >= 11 is 0. The highest BCUT2D eigenvalue weighted by Crippen LogP contribution is 2.12. The molecule has 3 nitrogen and oxygen atoms in total. The first-order chi connectivity index (χ1) is 7.66. The smallest absolute Gasteiger partial charge is 0.123 e. The molecule has 1 atom stereocenters. The third kappa shape index (κ3) is 2.28. The second-order valence-electron chi connectivity index (χ2n) is 3.86. The molecule has 0 unspecified atom stereocenters. The summed E-state index contributed by atoms with van der Waals surface area (Å²) < 4.78 is 14.7. The van der Waals surface area contributed by atoms with Crippen LogP contribution in [0.1, 0.15) is 24.2 Å². The Morgan fingerprint density at radius 2 is 2.06 bits per heavy atom. The molecule has 0 saturated carbocycles. The van der Waals surface area contributed by atoms with Crippen molar-refractivity contribution in [3.8, 4) is 0 Å². The Hall–Kier alpha value is -1.68. The van der Waals surface area contributed by atoms with Crippen molar-refractivity contribution in [2.24, 2.45) is 5.73 Å². The Kier molecular flexibility index (Phi) is 3.01. The van der Waals surface area contributed by atoms with E-state index in [-0.39, 0.29) is 11.9 Å². The van der Waals surface area contributed by atoms with Crippen molar-refractivity contribution >= 4 is 0 Å². The molecule has 4 heteroatoms. The lowest BCUT2D eigenvalue weighted by Gasteiger charge is -2.10. The van der Waals surface area contributed by atoms with Crippen LogP contribution in [0, 0.1) is 5.82 Å². The number of hydrogen-bond acceptors (Lipinski definition) is 2. The van der Waals surface area contributed by atoms with Crippen LogP contribution in [0.2, 0.25) is 0 Å². The maximum Gasteiger partial charge on any atom is 0.123 e. The van der Waals surface area contributed by atoms with E-state index in [4.69, 9.17) is 5.73 Å². The van der Waals surface area contributed by atoms with Gasteiger partial charge in [0.15, 0.2) is 0 Å². The van der Waals surface area contributed by atoms with E-state index in [9.17, 15) is 4.39 Å². The van der Waals surface area contributed by atoms with E-state index in [0.717, 1.165) is 11.3 Å². The average Bonchev–Trinajstić information content (AvgIpc) is 2.69. The third-order valence-electron chi connectivity index (χ3n) is 2.48. The summed E-state index contributed by atoms with van der Waals surface area (Å²) in [6.07, 6.45) is 3.50. The number of rotatable bonds is 3. The second-order valence-corrected chi connectivity index (χ2v) is 3.86. The van der Waals surface area contributed by atoms with Crippen LogP contribution in [-0.2, 0) is 6.54 Å². The number of aromatic nitrogens is 2. The van der Waals surface area contributed by atoms with Gasteiger partial charge in [-0.15, -0.1) is 0 Å². The molecule has 0 aliphatic heterocycles. The van der Waals surface area contributed by atoms with Gasteiger partial charge in [0.05, 0.1) is 12.0 Å². The molecule has 0 fully saturated rings. The summed E-state index contributed by atoms with van der Waals surface area (Å²) in [5, 5.41) is 0. The molecule has 16 heavy (non-hydrogen) atoms. The Labute approximate surface area is 93.7 Å². The number of hydrogen-bond donors (Lipinski definition) is 1. The van der Waals surface area contributed by atoms with Crippen molar-refractivity contribution in [1.29, 1.82) is 0 Å². The zero-order valence-corrected chi connectivity index (χ0v) is 9.10. The van der Waals surface area contributed by atoms with E-state index in [0.29, 0.717) is 6.54 Å². The van der Waals surface area contributed by atoms with Crippen molar-refractivity contribution < 1.29 is 4.39 Å². The van der Waals surface area contributed by atoms with E-state index in [1.807, 2.05) is 11.5 Å². The number of benzene rings is 1. The monoisotopic (exact) mass is 219 g/mol. The molecule has 0 aliphatic rings. The quantitative estimate of drug-likeness (QED) is 0.859. The van der Waals surface area contributed by atoms with Crippen LogP contribution in [-0.4, -0.2) is 9.55 Å². The number of halogens is 1. The van der Waals surface area contributed by atoms with Crippen molar-refractivity contribution in [1.82, 2.24) is 9.55 Å². The molecule has 0 amide bonds. The van der Waals surface area contributed by atoms with Crippen LogP contribution in [0.25, 0.3) is 0 Å². The lowest BCUT2D eigenvalue weighted by Crippen LogP contribution is -2.12. The SMILES string of the molecule is C[C@H](N)c1cncn1Cc1ccc(F)cc1. The van der Waals surface area contributed by atoms with E-state index < -0.39 is 0 Å². The van der Waals surface area contributed by atoms with Crippen LogP contribution in [0.3, 0.4) is 0 Å². The maximum absolute atomic E-state index is 12.7. The lowest BCUT2D eigenvalue weighted by atomic mass is 10.2. The van der Waals surface area contributed by atoms with Crippen molar-refractivity contribution in [3.63, 3.8) is 0 Å². The van der Waals surface area contributed by atoms with Gasteiger partial charge >= 0.3 is 0 Å². The Morgan fingerprint density at radius 1 is 1.38 bits per heavy atom. The van der Waals surface area contributed by atoms with Crippen LogP contribution < -0.4 is 5.73 Å². The zero-order chi connectivity index (χ0) is 11.5. The highest BCUT2D eigenvalue weighted by molar-refractivity contribution is 5.17. The summed E-state index contributed by atoms with van der Waals surface area (Å²) in [4.78, 5) is 4.07. The van der Waals surface area contributed by atoms with Crippen LogP contribution in [0.5, 0.6) is 0 Å². The van der Waals surface area contributed by atoms with Gasteiger partial charge in [0.1, 0.15) is 5.82 Å². The minimum Gasteiger partial charge on any atom is -0.329 e. The van der Waals surface area contributed by atoms with E-state index in [1.54, 1.807) is 24.7 Å². The molecule has 0 radical (unpaired) electrons. The van der Waals surface area contributed by atoms with Crippen LogP contribution >= 0.6 is 0 Å². The van der Waals surface area contributed by atoms with E-state index >= 15 is 0 Å². The second kappa shape index (κ2) is 4.45. The predicted octanol–water partition coefficient (Wildman–Crippen LogP) is 2.09. The first-order valence-corrected chi connectivity index (χ1v) is 5.17. The molecular formula is C12H14FN3. The average molecular weight is 219 g/mol. The van der Waals surface area contributed by atoms with Gasteiger partial charge in [0.2, 0.25) is 0 Å². The number of nitrogens with two attached hydrogens (primary N) is 1. The molecule has 2 aromatic rings. The maximum atomic E-state index is 12.7. The van der Waals surface area contributed by atoms with Crippen LogP contribution in [0.15, 0.2) is 36.8 Å². The molecule has 84 valence electrons. The standard InChI is InChI=1S/C12H14FN3/c1-9(14)12-6-15-8-16(12)7-10-2-4-11(13)5-3-10/h2-6,8-9H,7,14H2,1H3/t9-/m0/s1. The van der Waals surface area contributed by atoms with Gasteiger partial charge in [-0.1, -0.05) is 12.1 Å². The highest BCUT2D eigenvalue weighted by atomic mass is 19.1.